The summed E-state index contributed by atoms with van der Waals surface area (Å²) in [5.41, 5.74) is -0.230. The third kappa shape index (κ3) is 3.06. The van der Waals surface area contributed by atoms with Gasteiger partial charge in [-0.3, -0.25) is 4.79 Å². The predicted octanol–water partition coefficient (Wildman–Crippen LogP) is 1.60. The van der Waals surface area contributed by atoms with Crippen molar-refractivity contribution in [2.45, 2.75) is 32.4 Å². The molecule has 0 aromatic carbocycles. The highest BCUT2D eigenvalue weighted by atomic mass is 19.1. The molecule has 1 N–H and O–H groups in total. The van der Waals surface area contributed by atoms with Gasteiger partial charge in [0.05, 0.1) is 18.4 Å². The highest BCUT2D eigenvalue weighted by Crippen LogP contribution is 2.32. The first kappa shape index (κ1) is 15.5. The summed E-state index contributed by atoms with van der Waals surface area (Å²) in [4.78, 5) is 31.8. The highest BCUT2D eigenvalue weighted by molar-refractivity contribution is 6.03. The zero-order chi connectivity index (χ0) is 16.8. The predicted molar refractivity (Wildman–Crippen MR) is 81.8 cm³/mol. The minimum atomic E-state index is -0.589. The lowest BCUT2D eigenvalue weighted by atomic mass is 10.1. The Hall–Kier alpha value is -2.38. The average molecular weight is 322 g/mol. The minimum Gasteiger partial charge on any atom is -0.444 e. The molecular weight excluding hydrogens is 303 g/mol. The summed E-state index contributed by atoms with van der Waals surface area (Å²) in [6, 6.07) is 0.693. The molecule has 1 aromatic heterocycles. The molecule has 1 aromatic rings. The van der Waals surface area contributed by atoms with Crippen molar-refractivity contribution < 1.29 is 18.7 Å². The van der Waals surface area contributed by atoms with Crippen molar-refractivity contribution in [2.75, 3.05) is 29.9 Å². The van der Waals surface area contributed by atoms with Gasteiger partial charge in [-0.25, -0.2) is 14.2 Å². The average Bonchev–Trinajstić information content (AvgIpc) is 2.45. The number of nitrogens with zero attached hydrogens (tertiary/aromatic N) is 3. The maximum absolute atomic E-state index is 13.3. The second kappa shape index (κ2) is 5.36. The van der Waals surface area contributed by atoms with Crippen LogP contribution in [0.25, 0.3) is 0 Å². The van der Waals surface area contributed by atoms with Gasteiger partial charge in [0.15, 0.2) is 5.82 Å². The van der Waals surface area contributed by atoms with E-state index in [0.717, 1.165) is 6.20 Å². The summed E-state index contributed by atoms with van der Waals surface area (Å²) in [6.45, 7) is 6.44. The lowest BCUT2D eigenvalue weighted by Gasteiger charge is -2.44. The Kier molecular flexibility index (Phi) is 3.62. The monoisotopic (exact) mass is 322 g/mol. The van der Waals surface area contributed by atoms with Crippen molar-refractivity contribution in [3.05, 3.63) is 18.1 Å². The molecule has 23 heavy (non-hydrogen) atoms. The van der Waals surface area contributed by atoms with Crippen LogP contribution < -0.4 is 10.2 Å². The number of aromatic nitrogens is 1. The molecule has 2 aliphatic rings. The first-order chi connectivity index (χ1) is 10.7. The Labute approximate surface area is 133 Å². The molecule has 1 saturated heterocycles. The van der Waals surface area contributed by atoms with Crippen LogP contribution in [0.1, 0.15) is 20.8 Å². The van der Waals surface area contributed by atoms with E-state index >= 15 is 0 Å². The molecule has 1 fully saturated rings. The first-order valence-electron chi connectivity index (χ1n) is 7.45. The smallest absolute Gasteiger partial charge is 0.410 e. The summed E-state index contributed by atoms with van der Waals surface area (Å²) >= 11 is 0. The summed E-state index contributed by atoms with van der Waals surface area (Å²) in [6.07, 6.45) is 0.677. The number of fused-ring (bicyclic) bond motifs is 3. The fraction of sp³-hybridized carbons (Fsp3) is 0.533. The van der Waals surface area contributed by atoms with E-state index in [1.54, 1.807) is 25.7 Å². The van der Waals surface area contributed by atoms with Gasteiger partial charge in [0, 0.05) is 19.2 Å². The van der Waals surface area contributed by atoms with Crippen molar-refractivity contribution >= 4 is 23.5 Å². The second-order valence-corrected chi connectivity index (χ2v) is 6.65. The van der Waals surface area contributed by atoms with Crippen molar-refractivity contribution in [3.8, 4) is 0 Å². The van der Waals surface area contributed by atoms with E-state index in [9.17, 15) is 14.0 Å². The van der Waals surface area contributed by atoms with E-state index in [0.29, 0.717) is 24.6 Å². The Morgan fingerprint density at radius 2 is 2.17 bits per heavy atom. The van der Waals surface area contributed by atoms with Gasteiger partial charge in [-0.2, -0.15) is 0 Å². The molecule has 0 spiro atoms. The molecule has 3 rings (SSSR count). The largest absolute Gasteiger partial charge is 0.444 e. The number of rotatable bonds is 0. The molecule has 0 aliphatic carbocycles. The molecular formula is C15H19FN4O3. The van der Waals surface area contributed by atoms with Crippen molar-refractivity contribution in [1.29, 1.82) is 0 Å². The van der Waals surface area contributed by atoms with E-state index in [4.69, 9.17) is 4.74 Å². The Bertz CT molecular complexity index is 659. The number of halogens is 1. The summed E-state index contributed by atoms with van der Waals surface area (Å²) in [5.74, 6) is -0.257. The van der Waals surface area contributed by atoms with Crippen molar-refractivity contribution in [2.24, 2.45) is 0 Å². The molecule has 2 aliphatic heterocycles. The van der Waals surface area contributed by atoms with Crippen molar-refractivity contribution in [3.63, 3.8) is 0 Å². The number of carbonyl (C=O) groups excluding carboxylic acids is 2. The molecule has 0 unspecified atom stereocenters. The SMILES string of the molecule is CC(C)(C)OC(=O)N1CCN2c3ncc(F)cc3NC(=O)[C@H]2C1. The normalized spacial score (nSPS) is 20.5. The summed E-state index contributed by atoms with van der Waals surface area (Å²) < 4.78 is 18.6. The number of nitrogens with one attached hydrogen (secondary N) is 1. The summed E-state index contributed by atoms with van der Waals surface area (Å²) in [5, 5.41) is 2.65. The van der Waals surface area contributed by atoms with E-state index in [-0.39, 0.29) is 12.5 Å². The maximum Gasteiger partial charge on any atom is 0.410 e. The third-order valence-corrected chi connectivity index (χ3v) is 3.70. The van der Waals surface area contributed by atoms with Crippen molar-refractivity contribution in [1.82, 2.24) is 9.88 Å². The highest BCUT2D eigenvalue weighted by Gasteiger charge is 2.40. The molecule has 124 valence electrons. The number of piperazine rings is 1. The number of hydrogen-bond donors (Lipinski definition) is 1. The van der Waals surface area contributed by atoms with Gasteiger partial charge in [0.25, 0.3) is 0 Å². The zero-order valence-corrected chi connectivity index (χ0v) is 13.3. The van der Waals surface area contributed by atoms with Gasteiger partial charge in [-0.05, 0) is 20.8 Å². The van der Waals surface area contributed by atoms with Crippen LogP contribution in [0.15, 0.2) is 12.3 Å². The van der Waals surface area contributed by atoms with Crippen LogP contribution in [0.2, 0.25) is 0 Å². The Morgan fingerprint density at radius 1 is 1.43 bits per heavy atom. The molecule has 7 nitrogen and oxygen atoms in total. The molecule has 1 atom stereocenters. The lowest BCUT2D eigenvalue weighted by molar-refractivity contribution is -0.118. The molecule has 2 amide bonds. The Balaban J connectivity index is 1.79. The van der Waals surface area contributed by atoms with E-state index < -0.39 is 23.6 Å². The van der Waals surface area contributed by atoms with Crippen LogP contribution in [0, 0.1) is 5.82 Å². The molecule has 0 bridgehead atoms. The number of pyridine rings is 1. The van der Waals surface area contributed by atoms with Gasteiger partial charge in [0.1, 0.15) is 17.5 Å². The van der Waals surface area contributed by atoms with Gasteiger partial charge < -0.3 is 19.9 Å². The van der Waals surface area contributed by atoms with Crippen LogP contribution in [-0.2, 0) is 9.53 Å². The number of hydrogen-bond acceptors (Lipinski definition) is 5. The second-order valence-electron chi connectivity index (χ2n) is 6.65. The van der Waals surface area contributed by atoms with Crippen LogP contribution in [0.3, 0.4) is 0 Å². The van der Waals surface area contributed by atoms with Gasteiger partial charge >= 0.3 is 6.09 Å². The van der Waals surface area contributed by atoms with E-state index in [1.807, 2.05) is 0 Å². The fourth-order valence-electron chi connectivity index (χ4n) is 2.72. The minimum absolute atomic E-state index is 0.208. The molecule has 8 heteroatoms. The molecule has 3 heterocycles. The summed E-state index contributed by atoms with van der Waals surface area (Å²) in [7, 11) is 0. The number of ether oxygens (including phenoxy) is 1. The van der Waals surface area contributed by atoms with Crippen LogP contribution >= 0.6 is 0 Å². The van der Waals surface area contributed by atoms with Crippen LogP contribution in [0.4, 0.5) is 20.7 Å². The van der Waals surface area contributed by atoms with Crippen LogP contribution in [0.5, 0.6) is 0 Å². The van der Waals surface area contributed by atoms with E-state index in [2.05, 4.69) is 10.3 Å². The fourth-order valence-corrected chi connectivity index (χ4v) is 2.72. The maximum atomic E-state index is 13.3. The molecule has 0 radical (unpaired) electrons. The quantitative estimate of drug-likeness (QED) is 0.785. The number of carbonyl (C=O) groups is 2. The number of anilines is 2. The van der Waals surface area contributed by atoms with Crippen LogP contribution in [-0.4, -0.2) is 53.2 Å². The zero-order valence-electron chi connectivity index (χ0n) is 13.3. The third-order valence-electron chi connectivity index (χ3n) is 3.70. The van der Waals surface area contributed by atoms with Gasteiger partial charge in [-0.15, -0.1) is 0 Å². The van der Waals surface area contributed by atoms with Gasteiger partial charge in [0.2, 0.25) is 5.91 Å². The number of amides is 2. The van der Waals surface area contributed by atoms with Gasteiger partial charge in [-0.1, -0.05) is 0 Å². The standard InChI is InChI=1S/C15H19FN4O3/c1-15(2,3)23-14(22)19-4-5-20-11(8-19)13(21)18-10-6-9(16)7-17-12(10)20/h6-7,11H,4-5,8H2,1-3H3,(H,18,21)/t11-/m1/s1. The molecule has 0 saturated carbocycles. The first-order valence-corrected chi connectivity index (χ1v) is 7.45. The lowest BCUT2D eigenvalue weighted by Crippen LogP contribution is -2.61. The van der Waals surface area contributed by atoms with E-state index in [1.165, 1.54) is 11.0 Å². The topological polar surface area (TPSA) is 74.8 Å². The Morgan fingerprint density at radius 3 is 2.87 bits per heavy atom.